The molecule has 3 heterocycles. The molecule has 0 aliphatic carbocycles. The highest BCUT2D eigenvalue weighted by molar-refractivity contribution is 14.1. The third kappa shape index (κ3) is 6.54. The van der Waals surface area contributed by atoms with Crippen molar-refractivity contribution in [3.63, 3.8) is 0 Å². The van der Waals surface area contributed by atoms with E-state index in [9.17, 15) is 9.59 Å². The zero-order valence-electron chi connectivity index (χ0n) is 24.5. The molecule has 3 aromatic carbocycles. The van der Waals surface area contributed by atoms with Crippen molar-refractivity contribution in [1.29, 1.82) is 0 Å². The molecule has 0 unspecified atom stereocenters. The Hall–Kier alpha value is -3.42. The van der Waals surface area contributed by atoms with Crippen LogP contribution in [0.25, 0.3) is 11.8 Å². The fourth-order valence-electron chi connectivity index (χ4n) is 5.06. The molecule has 5 aromatic rings. The maximum atomic E-state index is 14.1. The summed E-state index contributed by atoms with van der Waals surface area (Å²) in [5.74, 6) is 0.573. The molecule has 1 aliphatic rings. The van der Waals surface area contributed by atoms with Gasteiger partial charge < -0.3 is 14.2 Å². The molecular formula is C34H25Cl2IN2O5S2. The van der Waals surface area contributed by atoms with Crippen LogP contribution in [0, 0.1) is 3.57 Å². The van der Waals surface area contributed by atoms with Crippen molar-refractivity contribution in [2.24, 2.45) is 4.99 Å². The van der Waals surface area contributed by atoms with Crippen LogP contribution in [0.15, 0.2) is 93.5 Å². The predicted octanol–water partition coefficient (Wildman–Crippen LogP) is 7.50. The Bertz CT molecular complexity index is 2140. The Morgan fingerprint density at radius 3 is 2.57 bits per heavy atom. The zero-order chi connectivity index (χ0) is 32.4. The first-order chi connectivity index (χ1) is 22.3. The van der Waals surface area contributed by atoms with E-state index >= 15 is 0 Å². The number of halogens is 3. The summed E-state index contributed by atoms with van der Waals surface area (Å²) in [6, 6.07) is 21.7. The lowest BCUT2D eigenvalue weighted by Gasteiger charge is -2.24. The van der Waals surface area contributed by atoms with E-state index in [1.54, 1.807) is 36.8 Å². The molecule has 0 spiro atoms. The Morgan fingerprint density at radius 1 is 1.07 bits per heavy atom. The number of ether oxygens (including phenoxy) is 3. The van der Waals surface area contributed by atoms with Crippen molar-refractivity contribution >= 4 is 86.2 Å². The van der Waals surface area contributed by atoms with Gasteiger partial charge in [-0.05, 0) is 82.4 Å². The summed E-state index contributed by atoms with van der Waals surface area (Å²) in [5.41, 5.74) is 2.92. The lowest BCUT2D eigenvalue weighted by molar-refractivity contribution is -0.138. The number of hydrogen-bond donors (Lipinski definition) is 0. The first kappa shape index (κ1) is 32.5. The van der Waals surface area contributed by atoms with Gasteiger partial charge in [-0.15, -0.1) is 11.3 Å². The van der Waals surface area contributed by atoms with Crippen LogP contribution in [0.1, 0.15) is 34.5 Å². The van der Waals surface area contributed by atoms with Crippen LogP contribution in [0.5, 0.6) is 11.5 Å². The van der Waals surface area contributed by atoms with Crippen molar-refractivity contribution in [3.8, 4) is 11.5 Å². The Kier molecular flexibility index (Phi) is 10.00. The van der Waals surface area contributed by atoms with Crippen LogP contribution in [-0.2, 0) is 16.1 Å². The van der Waals surface area contributed by atoms with Gasteiger partial charge in [0, 0.05) is 10.4 Å². The monoisotopic (exact) mass is 802 g/mol. The fraction of sp³-hybridized carbons (Fsp3) is 0.147. The van der Waals surface area contributed by atoms with Gasteiger partial charge in [0.2, 0.25) is 0 Å². The van der Waals surface area contributed by atoms with Crippen molar-refractivity contribution in [2.75, 3.05) is 13.7 Å². The number of thiazole rings is 1. The molecular weight excluding hydrogens is 778 g/mol. The molecule has 0 saturated heterocycles. The van der Waals surface area contributed by atoms with Crippen LogP contribution in [0.2, 0.25) is 10.0 Å². The molecule has 0 amide bonds. The van der Waals surface area contributed by atoms with E-state index in [0.29, 0.717) is 42.1 Å². The maximum Gasteiger partial charge on any atom is 0.338 e. The predicted molar refractivity (Wildman–Crippen MR) is 192 cm³/mol. The number of methoxy groups -OCH3 is 1. The lowest BCUT2D eigenvalue weighted by atomic mass is 9.97. The lowest BCUT2D eigenvalue weighted by Crippen LogP contribution is -2.39. The zero-order valence-corrected chi connectivity index (χ0v) is 29.8. The molecule has 12 heteroatoms. The number of thiophene rings is 1. The van der Waals surface area contributed by atoms with Crippen LogP contribution in [-0.4, -0.2) is 24.3 Å². The summed E-state index contributed by atoms with van der Waals surface area (Å²) in [6.07, 6.45) is 1.80. The average Bonchev–Trinajstić information content (AvgIpc) is 3.70. The average molecular weight is 804 g/mol. The molecule has 0 radical (unpaired) electrons. The van der Waals surface area contributed by atoms with Gasteiger partial charge in [-0.25, -0.2) is 9.79 Å². The minimum Gasteiger partial charge on any atom is -0.493 e. The molecule has 6 rings (SSSR count). The first-order valence-electron chi connectivity index (χ1n) is 14.0. The second-order valence-electron chi connectivity index (χ2n) is 10.0. The van der Waals surface area contributed by atoms with E-state index in [1.165, 1.54) is 22.7 Å². The number of rotatable bonds is 9. The van der Waals surface area contributed by atoms with E-state index in [0.717, 1.165) is 25.1 Å². The van der Waals surface area contributed by atoms with Gasteiger partial charge in [-0.3, -0.25) is 9.36 Å². The highest BCUT2D eigenvalue weighted by Gasteiger charge is 2.35. The molecule has 1 aliphatic heterocycles. The molecule has 0 bridgehead atoms. The summed E-state index contributed by atoms with van der Waals surface area (Å²) in [7, 11) is 1.57. The van der Waals surface area contributed by atoms with Gasteiger partial charge in [0.05, 0.1) is 43.1 Å². The smallest absolute Gasteiger partial charge is 0.338 e. The second kappa shape index (κ2) is 14.1. The third-order valence-corrected chi connectivity index (χ3v) is 10.6. The first-order valence-corrected chi connectivity index (χ1v) is 17.6. The minimum atomic E-state index is -0.695. The normalized spacial score (nSPS) is 14.5. The van der Waals surface area contributed by atoms with Crippen molar-refractivity contribution < 1.29 is 19.0 Å². The van der Waals surface area contributed by atoms with E-state index in [4.69, 9.17) is 42.4 Å². The largest absolute Gasteiger partial charge is 0.493 e. The van der Waals surface area contributed by atoms with E-state index in [-0.39, 0.29) is 18.8 Å². The molecule has 1 atom stereocenters. The molecule has 0 N–H and O–H groups in total. The summed E-state index contributed by atoms with van der Waals surface area (Å²) in [6.45, 7) is 2.21. The van der Waals surface area contributed by atoms with Crippen LogP contribution >= 0.6 is 68.5 Å². The number of carbonyl (C=O) groups excluding carboxylic acids is 1. The molecule has 0 saturated carbocycles. The Morgan fingerprint density at radius 2 is 1.87 bits per heavy atom. The summed E-state index contributed by atoms with van der Waals surface area (Å²) < 4.78 is 20.2. The summed E-state index contributed by atoms with van der Waals surface area (Å²) in [5, 5.41) is 2.85. The summed E-state index contributed by atoms with van der Waals surface area (Å²) >= 11 is 17.1. The van der Waals surface area contributed by atoms with Gasteiger partial charge in [0.15, 0.2) is 16.3 Å². The summed E-state index contributed by atoms with van der Waals surface area (Å²) in [4.78, 5) is 33.9. The Balaban J connectivity index is 1.45. The molecule has 46 heavy (non-hydrogen) atoms. The van der Waals surface area contributed by atoms with Gasteiger partial charge in [-0.2, -0.15) is 0 Å². The van der Waals surface area contributed by atoms with E-state index < -0.39 is 12.0 Å². The Labute approximate surface area is 296 Å². The topological polar surface area (TPSA) is 79.1 Å². The van der Waals surface area contributed by atoms with Gasteiger partial charge in [0.25, 0.3) is 5.56 Å². The quantitative estimate of drug-likeness (QED) is 0.114. The number of esters is 1. The van der Waals surface area contributed by atoms with Gasteiger partial charge in [0.1, 0.15) is 12.6 Å². The molecule has 0 fully saturated rings. The fourth-order valence-corrected chi connectivity index (χ4v) is 7.98. The number of nitrogens with zero attached hydrogens (tertiary/aromatic N) is 2. The number of hydrogen-bond acceptors (Lipinski definition) is 8. The molecule has 234 valence electrons. The van der Waals surface area contributed by atoms with E-state index in [2.05, 4.69) is 22.6 Å². The second-order valence-corrected chi connectivity index (χ2v) is 14.0. The van der Waals surface area contributed by atoms with Crippen molar-refractivity contribution in [3.05, 3.63) is 139 Å². The standard InChI is InChI=1S/C34H25Cl2IN2O5S2/c1-3-43-33(41)28-29(21-8-5-4-6-9-21)38-34-39(30(28)26-10-7-13-45-26)32(40)27(46-34)17-20-15-24(37)31(25(16-20)42-2)44-18-19-11-12-22(35)23(36)14-19/h4-17,30H,3,18H2,1-2H3/b27-17-/t30-/m0/s1. The maximum absolute atomic E-state index is 14.1. The molecule has 2 aromatic heterocycles. The van der Waals surface area contributed by atoms with Crippen LogP contribution in [0.3, 0.4) is 0 Å². The van der Waals surface area contributed by atoms with Gasteiger partial charge >= 0.3 is 5.97 Å². The minimum absolute atomic E-state index is 0.194. The number of fused-ring (bicyclic) bond motifs is 1. The molecule has 7 nitrogen and oxygen atoms in total. The highest BCUT2D eigenvalue weighted by atomic mass is 127. The SMILES string of the molecule is CCOC(=O)C1=C(c2ccccc2)N=c2s/c(=C\c3cc(I)c(OCc4ccc(Cl)c(Cl)c4)c(OC)c3)c(=O)n2[C@H]1c1cccs1. The van der Waals surface area contributed by atoms with Crippen molar-refractivity contribution in [2.45, 2.75) is 19.6 Å². The number of aromatic nitrogens is 1. The van der Waals surface area contributed by atoms with Crippen LogP contribution < -0.4 is 24.4 Å². The van der Waals surface area contributed by atoms with Crippen LogP contribution in [0.4, 0.5) is 0 Å². The van der Waals surface area contributed by atoms with E-state index in [1.807, 2.05) is 66.0 Å². The third-order valence-electron chi connectivity index (χ3n) is 7.10. The highest BCUT2D eigenvalue weighted by Crippen LogP contribution is 2.38. The van der Waals surface area contributed by atoms with Crippen molar-refractivity contribution in [1.82, 2.24) is 4.57 Å². The van der Waals surface area contributed by atoms with Gasteiger partial charge in [-0.1, -0.05) is 77.0 Å². The number of benzene rings is 3. The number of carbonyl (C=O) groups is 1.